The smallest absolute Gasteiger partial charge is 0.161 e. The number of nitrogen functional groups attached to an aromatic ring is 1. The average molecular weight is 323 g/mol. The van der Waals surface area contributed by atoms with Crippen LogP contribution in [0.4, 0.5) is 5.82 Å². The largest absolute Gasteiger partial charge is 0.504 e. The van der Waals surface area contributed by atoms with E-state index in [4.69, 9.17) is 10.5 Å². The summed E-state index contributed by atoms with van der Waals surface area (Å²) in [5, 5.41) is 10.8. The Bertz CT molecular complexity index is 1040. The fourth-order valence-corrected chi connectivity index (χ4v) is 3.73. The fraction of sp³-hybridized carbons (Fsp3) is 0.0588. The number of benzene rings is 2. The van der Waals surface area contributed by atoms with Gasteiger partial charge in [-0.1, -0.05) is 18.2 Å². The van der Waals surface area contributed by atoms with Crippen molar-refractivity contribution >= 4 is 37.5 Å². The number of aromatic nitrogens is 2. The summed E-state index contributed by atoms with van der Waals surface area (Å²) in [6, 6.07) is 11.5. The van der Waals surface area contributed by atoms with Crippen molar-refractivity contribution in [3.05, 3.63) is 42.7 Å². The third-order valence-electron chi connectivity index (χ3n) is 3.79. The van der Waals surface area contributed by atoms with Crippen molar-refractivity contribution in [1.29, 1.82) is 0 Å². The van der Waals surface area contributed by atoms with Gasteiger partial charge in [-0.3, -0.25) is 0 Å². The van der Waals surface area contributed by atoms with Gasteiger partial charge in [-0.2, -0.15) is 0 Å². The maximum Gasteiger partial charge on any atom is 0.161 e. The summed E-state index contributed by atoms with van der Waals surface area (Å²) in [6.45, 7) is 0. The van der Waals surface area contributed by atoms with Gasteiger partial charge in [-0.05, 0) is 29.3 Å². The highest BCUT2D eigenvalue weighted by atomic mass is 32.1. The molecule has 0 fully saturated rings. The first-order valence-electron chi connectivity index (χ1n) is 6.97. The van der Waals surface area contributed by atoms with Crippen LogP contribution in [0.2, 0.25) is 0 Å². The van der Waals surface area contributed by atoms with Crippen LogP contribution in [0.15, 0.2) is 42.7 Å². The van der Waals surface area contributed by atoms with E-state index in [1.165, 1.54) is 13.4 Å². The predicted molar refractivity (Wildman–Crippen MR) is 93.0 cm³/mol. The fourth-order valence-electron chi connectivity index (χ4n) is 2.63. The maximum absolute atomic E-state index is 9.73. The lowest BCUT2D eigenvalue weighted by molar-refractivity contribution is 0.373. The third-order valence-corrected chi connectivity index (χ3v) is 4.96. The molecular weight excluding hydrogens is 310 g/mol. The second kappa shape index (κ2) is 5.10. The van der Waals surface area contributed by atoms with Crippen LogP contribution >= 0.6 is 11.3 Å². The molecule has 6 heteroatoms. The van der Waals surface area contributed by atoms with Crippen LogP contribution in [-0.4, -0.2) is 22.2 Å². The lowest BCUT2D eigenvalue weighted by atomic mass is 10.0. The standard InChI is InChI=1S/C17H13N3O2S/c1-22-13-6-9(3-5-12(13)21)10-2-4-11-14(7-10)23-16-15(11)19-8-20-17(16)18/h2-8,21H,1H3,(H2,18,19,20). The number of ether oxygens (including phenoxy) is 1. The van der Waals surface area contributed by atoms with E-state index in [1.807, 2.05) is 24.3 Å². The molecule has 4 rings (SSSR count). The minimum Gasteiger partial charge on any atom is -0.504 e. The van der Waals surface area contributed by atoms with Gasteiger partial charge in [0, 0.05) is 10.1 Å². The summed E-state index contributed by atoms with van der Waals surface area (Å²) in [4.78, 5) is 8.39. The molecule has 0 saturated heterocycles. The number of phenols is 1. The Balaban J connectivity index is 1.92. The Kier molecular flexibility index (Phi) is 3.06. The zero-order chi connectivity index (χ0) is 16.0. The van der Waals surface area contributed by atoms with E-state index in [1.54, 1.807) is 17.4 Å². The van der Waals surface area contributed by atoms with Crippen LogP contribution in [0.5, 0.6) is 11.5 Å². The molecule has 0 bridgehead atoms. The normalized spacial score (nSPS) is 11.2. The molecule has 114 valence electrons. The van der Waals surface area contributed by atoms with Gasteiger partial charge in [0.15, 0.2) is 11.5 Å². The number of rotatable bonds is 2. The zero-order valence-corrected chi connectivity index (χ0v) is 13.1. The van der Waals surface area contributed by atoms with Gasteiger partial charge in [0.2, 0.25) is 0 Å². The van der Waals surface area contributed by atoms with Gasteiger partial charge >= 0.3 is 0 Å². The topological polar surface area (TPSA) is 81.3 Å². The third kappa shape index (κ3) is 2.15. The molecule has 0 unspecified atom stereocenters. The minimum atomic E-state index is 0.127. The van der Waals surface area contributed by atoms with Crippen molar-refractivity contribution in [3.63, 3.8) is 0 Å². The highest BCUT2D eigenvalue weighted by Crippen LogP contribution is 2.38. The molecule has 0 aliphatic rings. The highest BCUT2D eigenvalue weighted by molar-refractivity contribution is 7.26. The Morgan fingerprint density at radius 1 is 1.09 bits per heavy atom. The summed E-state index contributed by atoms with van der Waals surface area (Å²) in [5.74, 6) is 1.08. The van der Waals surface area contributed by atoms with E-state index in [0.717, 1.165) is 31.4 Å². The second-order valence-corrected chi connectivity index (χ2v) is 6.19. The lowest BCUT2D eigenvalue weighted by Crippen LogP contribution is -1.89. The first-order chi connectivity index (χ1) is 11.2. The summed E-state index contributed by atoms with van der Waals surface area (Å²) in [7, 11) is 1.54. The van der Waals surface area contributed by atoms with Crippen LogP contribution in [0.1, 0.15) is 0 Å². The van der Waals surface area contributed by atoms with Gasteiger partial charge in [-0.25, -0.2) is 9.97 Å². The van der Waals surface area contributed by atoms with E-state index in [2.05, 4.69) is 16.0 Å². The zero-order valence-electron chi connectivity index (χ0n) is 12.3. The molecule has 0 radical (unpaired) electrons. The number of methoxy groups -OCH3 is 1. The first kappa shape index (κ1) is 13.8. The summed E-state index contributed by atoms with van der Waals surface area (Å²) >= 11 is 1.58. The highest BCUT2D eigenvalue weighted by Gasteiger charge is 2.11. The van der Waals surface area contributed by atoms with Crippen molar-refractivity contribution in [3.8, 4) is 22.6 Å². The molecule has 0 aliphatic carbocycles. The van der Waals surface area contributed by atoms with Gasteiger partial charge in [0.25, 0.3) is 0 Å². The van der Waals surface area contributed by atoms with Gasteiger partial charge < -0.3 is 15.6 Å². The van der Waals surface area contributed by atoms with Gasteiger partial charge in [0.05, 0.1) is 17.3 Å². The SMILES string of the molecule is COc1cc(-c2ccc3c(c2)sc2c(N)ncnc23)ccc1O. The number of nitrogens with two attached hydrogens (primary N) is 1. The number of phenolic OH excluding ortho intramolecular Hbond substituents is 1. The molecule has 4 aromatic rings. The number of hydrogen-bond donors (Lipinski definition) is 2. The second-order valence-electron chi connectivity index (χ2n) is 5.14. The molecule has 0 spiro atoms. The minimum absolute atomic E-state index is 0.127. The Morgan fingerprint density at radius 2 is 1.87 bits per heavy atom. The predicted octanol–water partition coefficient (Wildman–Crippen LogP) is 3.81. The number of fused-ring (bicyclic) bond motifs is 3. The van der Waals surface area contributed by atoms with Crippen molar-refractivity contribution < 1.29 is 9.84 Å². The molecule has 3 N–H and O–H groups in total. The molecule has 0 atom stereocenters. The molecular formula is C17H13N3O2S. The van der Waals surface area contributed by atoms with E-state index in [0.29, 0.717) is 11.6 Å². The summed E-state index contributed by atoms with van der Waals surface area (Å²) in [6.07, 6.45) is 1.49. The number of anilines is 1. The molecule has 5 nitrogen and oxygen atoms in total. The Morgan fingerprint density at radius 3 is 2.70 bits per heavy atom. The molecule has 0 aliphatic heterocycles. The molecule has 2 aromatic heterocycles. The van der Waals surface area contributed by atoms with Crippen LogP contribution in [0.3, 0.4) is 0 Å². The Labute approximate surface area is 136 Å². The lowest BCUT2D eigenvalue weighted by Gasteiger charge is -2.07. The molecule has 23 heavy (non-hydrogen) atoms. The quantitative estimate of drug-likeness (QED) is 0.586. The summed E-state index contributed by atoms with van der Waals surface area (Å²) in [5.41, 5.74) is 8.83. The van der Waals surface area contributed by atoms with Crippen molar-refractivity contribution in [2.75, 3.05) is 12.8 Å². The van der Waals surface area contributed by atoms with E-state index < -0.39 is 0 Å². The van der Waals surface area contributed by atoms with Crippen LogP contribution in [0, 0.1) is 0 Å². The van der Waals surface area contributed by atoms with Crippen molar-refractivity contribution in [2.45, 2.75) is 0 Å². The molecule has 0 saturated carbocycles. The van der Waals surface area contributed by atoms with Gasteiger partial charge in [-0.15, -0.1) is 11.3 Å². The van der Waals surface area contributed by atoms with E-state index >= 15 is 0 Å². The average Bonchev–Trinajstić information content (AvgIpc) is 2.94. The number of thiophene rings is 1. The molecule has 2 heterocycles. The molecule has 0 amide bonds. The van der Waals surface area contributed by atoms with Gasteiger partial charge in [0.1, 0.15) is 12.1 Å². The van der Waals surface area contributed by atoms with Crippen LogP contribution in [-0.2, 0) is 0 Å². The number of aromatic hydroxyl groups is 1. The number of hydrogen-bond acceptors (Lipinski definition) is 6. The monoisotopic (exact) mass is 323 g/mol. The molecule has 2 aromatic carbocycles. The van der Waals surface area contributed by atoms with Crippen molar-refractivity contribution in [1.82, 2.24) is 9.97 Å². The van der Waals surface area contributed by atoms with E-state index in [9.17, 15) is 5.11 Å². The first-order valence-corrected chi connectivity index (χ1v) is 7.79. The summed E-state index contributed by atoms with van der Waals surface area (Å²) < 4.78 is 7.18. The maximum atomic E-state index is 9.73. The van der Waals surface area contributed by atoms with Crippen molar-refractivity contribution in [2.24, 2.45) is 0 Å². The van der Waals surface area contributed by atoms with Crippen LogP contribution < -0.4 is 10.5 Å². The Hall–Kier alpha value is -2.86. The van der Waals surface area contributed by atoms with Crippen LogP contribution in [0.25, 0.3) is 31.4 Å². The van der Waals surface area contributed by atoms with E-state index in [-0.39, 0.29) is 5.75 Å². The number of nitrogens with zero attached hydrogens (tertiary/aromatic N) is 2.